The Morgan fingerprint density at radius 2 is 1.76 bits per heavy atom. The van der Waals surface area contributed by atoms with Gasteiger partial charge in [-0.3, -0.25) is 4.79 Å². The Labute approximate surface area is 202 Å². The largest absolute Gasteiger partial charge is 0.477 e. The Balaban J connectivity index is 1.96. The lowest BCUT2D eigenvalue weighted by molar-refractivity contribution is -0.124. The zero-order chi connectivity index (χ0) is 24.2. The summed E-state index contributed by atoms with van der Waals surface area (Å²) in [7, 11) is 0. The molecule has 3 rings (SSSR count). The van der Waals surface area contributed by atoms with Crippen LogP contribution < -0.4 is 4.90 Å². The zero-order valence-electron chi connectivity index (χ0n) is 20.8. The van der Waals surface area contributed by atoms with E-state index in [1.807, 2.05) is 38.7 Å². The van der Waals surface area contributed by atoms with E-state index >= 15 is 0 Å². The van der Waals surface area contributed by atoms with E-state index in [2.05, 4.69) is 18.8 Å². The van der Waals surface area contributed by atoms with Crippen molar-refractivity contribution in [3.8, 4) is 11.8 Å². The van der Waals surface area contributed by atoms with E-state index in [1.165, 1.54) is 11.3 Å². The summed E-state index contributed by atoms with van der Waals surface area (Å²) in [5.74, 6) is 6.08. The highest BCUT2D eigenvalue weighted by molar-refractivity contribution is 7.15. The highest BCUT2D eigenvalue weighted by atomic mass is 32.1. The third-order valence-electron chi connectivity index (χ3n) is 6.74. The number of carboxylic acids is 1. The molecule has 1 amide bonds. The van der Waals surface area contributed by atoms with Crippen molar-refractivity contribution in [2.75, 3.05) is 11.5 Å². The fourth-order valence-corrected chi connectivity index (χ4v) is 5.77. The molecule has 0 unspecified atom stereocenters. The van der Waals surface area contributed by atoms with Crippen LogP contribution in [0.4, 0.5) is 5.69 Å². The molecule has 1 aromatic heterocycles. The lowest BCUT2D eigenvalue weighted by Gasteiger charge is -2.39. The first kappa shape index (κ1) is 25.8. The Kier molecular flexibility index (Phi) is 8.64. The van der Waals surface area contributed by atoms with Crippen LogP contribution in [0.25, 0.3) is 0 Å². The smallest absolute Gasteiger partial charge is 0.348 e. The average molecular weight is 474 g/mol. The number of nitrogens with zero attached hydrogens (tertiary/aromatic N) is 1. The molecule has 0 aromatic carbocycles. The Bertz CT molecular complexity index is 887. The van der Waals surface area contributed by atoms with Gasteiger partial charge in [-0.25, -0.2) is 4.79 Å². The molecule has 0 saturated heterocycles. The summed E-state index contributed by atoms with van der Waals surface area (Å²) in [6.07, 6.45) is 7.56. The molecule has 1 aromatic rings. The van der Waals surface area contributed by atoms with Crippen molar-refractivity contribution in [2.45, 2.75) is 98.1 Å². The van der Waals surface area contributed by atoms with Crippen molar-refractivity contribution >= 4 is 28.9 Å². The van der Waals surface area contributed by atoms with Gasteiger partial charge in [-0.15, -0.1) is 11.3 Å². The fourth-order valence-electron chi connectivity index (χ4n) is 4.93. The summed E-state index contributed by atoms with van der Waals surface area (Å²) >= 11 is 1.18. The normalized spacial score (nSPS) is 25.7. The van der Waals surface area contributed by atoms with Crippen LogP contribution in [0.1, 0.15) is 101 Å². The summed E-state index contributed by atoms with van der Waals surface area (Å²) < 4.78 is 5.82. The first-order chi connectivity index (χ1) is 15.6. The van der Waals surface area contributed by atoms with Crippen molar-refractivity contribution in [1.29, 1.82) is 0 Å². The van der Waals surface area contributed by atoms with Crippen LogP contribution >= 0.6 is 11.3 Å². The summed E-state index contributed by atoms with van der Waals surface area (Å²) in [6, 6.07) is 1.84. The van der Waals surface area contributed by atoms with Gasteiger partial charge in [0.05, 0.1) is 16.7 Å². The molecule has 0 radical (unpaired) electrons. The molecule has 0 aliphatic heterocycles. The van der Waals surface area contributed by atoms with Crippen LogP contribution in [0.5, 0.6) is 0 Å². The Morgan fingerprint density at radius 3 is 2.30 bits per heavy atom. The predicted molar refractivity (Wildman–Crippen MR) is 134 cm³/mol. The molecule has 0 atom stereocenters. The third kappa shape index (κ3) is 6.83. The minimum Gasteiger partial charge on any atom is -0.477 e. The second kappa shape index (κ2) is 11.1. The van der Waals surface area contributed by atoms with Gasteiger partial charge in [-0.05, 0) is 91.0 Å². The highest BCUT2D eigenvalue weighted by Gasteiger charge is 2.37. The van der Waals surface area contributed by atoms with E-state index in [1.54, 1.807) is 0 Å². The maximum absolute atomic E-state index is 13.9. The molecular weight excluding hydrogens is 434 g/mol. The molecule has 6 heteroatoms. The molecule has 2 saturated carbocycles. The molecule has 0 bridgehead atoms. The number of carbonyl (C=O) groups is 2. The van der Waals surface area contributed by atoms with Gasteiger partial charge in [0, 0.05) is 24.0 Å². The highest BCUT2D eigenvalue weighted by Crippen LogP contribution is 2.39. The molecule has 1 heterocycles. The number of carboxylic acid groups (broad SMARTS) is 1. The average Bonchev–Trinajstić information content (AvgIpc) is 3.18. The molecule has 33 heavy (non-hydrogen) atoms. The number of carbonyl (C=O) groups excluding carboxylic acids is 1. The van der Waals surface area contributed by atoms with Gasteiger partial charge < -0.3 is 14.7 Å². The number of rotatable bonds is 6. The van der Waals surface area contributed by atoms with Gasteiger partial charge in [-0.1, -0.05) is 18.8 Å². The predicted octanol–water partition coefficient (Wildman–Crippen LogP) is 6.35. The van der Waals surface area contributed by atoms with Crippen molar-refractivity contribution < 1.29 is 19.4 Å². The first-order valence-electron chi connectivity index (χ1n) is 12.4. The Morgan fingerprint density at radius 1 is 1.12 bits per heavy atom. The van der Waals surface area contributed by atoms with E-state index in [0.29, 0.717) is 23.1 Å². The second-order valence-electron chi connectivity index (χ2n) is 10.7. The molecule has 5 nitrogen and oxygen atoms in total. The minimum absolute atomic E-state index is 0.00433. The van der Waals surface area contributed by atoms with E-state index in [-0.39, 0.29) is 34.3 Å². The van der Waals surface area contributed by atoms with Gasteiger partial charge in [0.15, 0.2) is 0 Å². The van der Waals surface area contributed by atoms with Gasteiger partial charge in [0.25, 0.3) is 0 Å². The minimum atomic E-state index is -0.989. The van der Waals surface area contributed by atoms with Crippen LogP contribution in [-0.2, 0) is 9.53 Å². The maximum Gasteiger partial charge on any atom is 0.348 e. The lowest BCUT2D eigenvalue weighted by atomic mass is 9.81. The van der Waals surface area contributed by atoms with Crippen molar-refractivity contribution in [3.63, 3.8) is 0 Å². The summed E-state index contributed by atoms with van der Waals surface area (Å²) in [6.45, 7) is 11.0. The summed E-state index contributed by atoms with van der Waals surface area (Å²) in [5, 5.41) is 10.00. The topological polar surface area (TPSA) is 66.8 Å². The van der Waals surface area contributed by atoms with E-state index in [4.69, 9.17) is 4.74 Å². The third-order valence-corrected chi connectivity index (χ3v) is 7.77. The number of hydrogen-bond acceptors (Lipinski definition) is 4. The number of aromatic carboxylic acids is 1. The second-order valence-corrected chi connectivity index (χ2v) is 11.7. The van der Waals surface area contributed by atoms with Crippen molar-refractivity contribution in [3.05, 3.63) is 15.8 Å². The molecule has 2 fully saturated rings. The van der Waals surface area contributed by atoms with Crippen LogP contribution in [0.3, 0.4) is 0 Å². The molecule has 2 aliphatic rings. The van der Waals surface area contributed by atoms with Crippen molar-refractivity contribution in [1.82, 2.24) is 0 Å². The van der Waals surface area contributed by atoms with Gasteiger partial charge in [0.1, 0.15) is 4.88 Å². The van der Waals surface area contributed by atoms with Crippen LogP contribution in [0, 0.1) is 29.1 Å². The zero-order valence-corrected chi connectivity index (χ0v) is 21.6. The van der Waals surface area contributed by atoms with Gasteiger partial charge in [0.2, 0.25) is 5.91 Å². The molecular formula is C27H39NO4S. The molecule has 1 N–H and O–H groups in total. The summed E-state index contributed by atoms with van der Waals surface area (Å²) in [5.41, 5.74) is 0.355. The number of thiophene rings is 1. The number of anilines is 1. The number of ether oxygens (including phenoxy) is 1. The number of hydrogen-bond donors (Lipinski definition) is 1. The Hall–Kier alpha value is -1.84. The first-order valence-corrected chi connectivity index (χ1v) is 13.3. The SMILES string of the molecule is CCO[C@H]1CC[C@H](N(c2cc(C#CC(C)(C)C)sc2C(=O)O)C(=O)[C@H]2CC[C@H](C)CC2)CC1. The lowest BCUT2D eigenvalue weighted by Crippen LogP contribution is -2.47. The molecule has 182 valence electrons. The standard InChI is InChI=1S/C27H39NO4S/c1-6-32-21-13-11-20(12-14-21)28(25(29)19-9-7-18(2)8-10-19)23-17-22(15-16-27(3,4)5)33-24(23)26(30)31/h17-21H,6-14H2,1-5H3,(H,30,31)/t18-,19-,20-,21-. The van der Waals surface area contributed by atoms with Crippen molar-refractivity contribution in [2.24, 2.45) is 17.3 Å². The number of amides is 1. The van der Waals surface area contributed by atoms with E-state index in [9.17, 15) is 14.7 Å². The molecule has 0 spiro atoms. The van der Waals surface area contributed by atoms with Gasteiger partial charge in [-0.2, -0.15) is 0 Å². The molecule has 2 aliphatic carbocycles. The monoisotopic (exact) mass is 473 g/mol. The maximum atomic E-state index is 13.9. The van der Waals surface area contributed by atoms with Gasteiger partial charge >= 0.3 is 5.97 Å². The fraction of sp³-hybridized carbons (Fsp3) is 0.704. The summed E-state index contributed by atoms with van der Waals surface area (Å²) in [4.78, 5) is 28.9. The van der Waals surface area contributed by atoms with E-state index in [0.717, 1.165) is 51.4 Å². The quantitative estimate of drug-likeness (QED) is 0.489. The van der Waals surface area contributed by atoms with Crippen LogP contribution in [0.2, 0.25) is 0 Å². The van der Waals surface area contributed by atoms with E-state index < -0.39 is 5.97 Å². The van der Waals surface area contributed by atoms with Crippen LogP contribution in [-0.4, -0.2) is 35.7 Å². The van der Waals surface area contributed by atoms with Crippen LogP contribution in [0.15, 0.2) is 6.07 Å².